The average Bonchev–Trinajstić information content (AvgIpc) is 2.87. The number of nitrogens with one attached hydrogen (secondary N) is 1. The number of nitrogen functional groups attached to an aromatic ring is 1. The standard InChI is InChI=1S/C13H17FN4O5/c14-9-7(21)3-6(20)8(4-19)23-12(9)18-2-1-5-10(18)16-13(15)17-11(5)22/h1-2,6-9,12,19-21H,3-4H2,(H3,15,16,17,22)/t6-,7+,8+,9-,12+/m0/s1. The van der Waals surface area contributed by atoms with Gasteiger partial charge in [-0.2, -0.15) is 4.98 Å². The Labute approximate surface area is 129 Å². The Morgan fingerprint density at radius 2 is 2.22 bits per heavy atom. The lowest BCUT2D eigenvalue weighted by atomic mass is 10.1. The average molecular weight is 328 g/mol. The minimum absolute atomic E-state index is 0.0826. The molecule has 10 heteroatoms. The number of hydrogen-bond acceptors (Lipinski definition) is 7. The molecule has 0 radical (unpaired) electrons. The Morgan fingerprint density at radius 3 is 2.91 bits per heavy atom. The van der Waals surface area contributed by atoms with Crippen LogP contribution >= 0.6 is 0 Å². The lowest BCUT2D eigenvalue weighted by Gasteiger charge is -2.26. The molecule has 0 aliphatic carbocycles. The van der Waals surface area contributed by atoms with E-state index < -0.39 is 42.9 Å². The van der Waals surface area contributed by atoms with Gasteiger partial charge in [-0.3, -0.25) is 9.78 Å². The van der Waals surface area contributed by atoms with Gasteiger partial charge < -0.3 is 30.4 Å². The van der Waals surface area contributed by atoms with E-state index in [2.05, 4.69) is 9.97 Å². The van der Waals surface area contributed by atoms with E-state index in [1.807, 2.05) is 0 Å². The molecule has 3 heterocycles. The number of ether oxygens (including phenoxy) is 1. The molecule has 2 aromatic heterocycles. The predicted molar refractivity (Wildman–Crippen MR) is 77.3 cm³/mol. The fourth-order valence-electron chi connectivity index (χ4n) is 2.71. The first kappa shape index (κ1) is 15.9. The summed E-state index contributed by atoms with van der Waals surface area (Å²) < 4.78 is 21.2. The summed E-state index contributed by atoms with van der Waals surface area (Å²) in [5.74, 6) is -0.147. The van der Waals surface area contributed by atoms with Gasteiger partial charge in [0.2, 0.25) is 5.95 Å². The maximum absolute atomic E-state index is 14.5. The first-order valence-electron chi connectivity index (χ1n) is 7.05. The van der Waals surface area contributed by atoms with Gasteiger partial charge in [-0.05, 0) is 6.07 Å². The highest BCUT2D eigenvalue weighted by atomic mass is 19.1. The molecule has 1 aliphatic rings. The van der Waals surface area contributed by atoms with Crippen molar-refractivity contribution in [3.05, 3.63) is 22.6 Å². The zero-order valence-corrected chi connectivity index (χ0v) is 12.0. The van der Waals surface area contributed by atoms with Crippen LogP contribution in [0.1, 0.15) is 12.6 Å². The third-order valence-corrected chi connectivity index (χ3v) is 3.92. The second kappa shape index (κ2) is 5.89. The van der Waals surface area contributed by atoms with Crippen molar-refractivity contribution in [3.8, 4) is 0 Å². The number of anilines is 1. The maximum atomic E-state index is 14.5. The number of halogens is 1. The number of alkyl halides is 1. The smallest absolute Gasteiger partial charge is 0.261 e. The molecule has 1 aliphatic heterocycles. The highest BCUT2D eigenvalue weighted by molar-refractivity contribution is 5.76. The fourth-order valence-corrected chi connectivity index (χ4v) is 2.71. The SMILES string of the molecule is Nc1nc2c(ccn2[C@@H]2O[C@H](CO)[C@@H](O)C[C@@H](O)[C@@H]2F)c(=O)[nH]1. The Hall–Kier alpha value is -2.01. The van der Waals surface area contributed by atoms with E-state index in [0.717, 1.165) is 0 Å². The van der Waals surface area contributed by atoms with E-state index in [1.54, 1.807) is 0 Å². The van der Waals surface area contributed by atoms with Crippen molar-refractivity contribution in [1.29, 1.82) is 0 Å². The number of nitrogens with two attached hydrogens (primary N) is 1. The monoisotopic (exact) mass is 328 g/mol. The van der Waals surface area contributed by atoms with Crippen LogP contribution in [0.3, 0.4) is 0 Å². The Kier molecular flexibility index (Phi) is 4.06. The molecule has 6 N–H and O–H groups in total. The molecule has 0 aromatic carbocycles. The summed E-state index contributed by atoms with van der Waals surface area (Å²) in [7, 11) is 0. The lowest BCUT2D eigenvalue weighted by molar-refractivity contribution is -0.132. The van der Waals surface area contributed by atoms with E-state index >= 15 is 0 Å². The molecular formula is C13H17FN4O5. The zero-order chi connectivity index (χ0) is 16.7. The number of H-pyrrole nitrogens is 1. The van der Waals surface area contributed by atoms with Crippen LogP contribution in [0.5, 0.6) is 0 Å². The number of aromatic nitrogens is 3. The molecule has 5 atom stereocenters. The molecule has 0 bridgehead atoms. The summed E-state index contributed by atoms with van der Waals surface area (Å²) in [5, 5.41) is 29.2. The summed E-state index contributed by atoms with van der Waals surface area (Å²) in [6, 6.07) is 1.42. The van der Waals surface area contributed by atoms with Crippen molar-refractivity contribution >= 4 is 17.0 Å². The van der Waals surface area contributed by atoms with E-state index in [9.17, 15) is 24.5 Å². The van der Waals surface area contributed by atoms with Gasteiger partial charge >= 0.3 is 0 Å². The summed E-state index contributed by atoms with van der Waals surface area (Å²) in [4.78, 5) is 18.1. The zero-order valence-electron chi connectivity index (χ0n) is 12.0. The second-order valence-electron chi connectivity index (χ2n) is 5.47. The molecule has 0 spiro atoms. The minimum atomic E-state index is -1.89. The van der Waals surface area contributed by atoms with Gasteiger partial charge in [-0.25, -0.2) is 4.39 Å². The molecule has 9 nitrogen and oxygen atoms in total. The van der Waals surface area contributed by atoms with E-state index in [-0.39, 0.29) is 23.4 Å². The molecule has 23 heavy (non-hydrogen) atoms. The van der Waals surface area contributed by atoms with Crippen LogP contribution in [0.4, 0.5) is 10.3 Å². The molecule has 0 unspecified atom stereocenters. The van der Waals surface area contributed by atoms with E-state index in [0.29, 0.717) is 0 Å². The highest BCUT2D eigenvalue weighted by Crippen LogP contribution is 2.31. The van der Waals surface area contributed by atoms with Crippen LogP contribution in [0.15, 0.2) is 17.1 Å². The number of fused-ring (bicyclic) bond motifs is 1. The fraction of sp³-hybridized carbons (Fsp3) is 0.538. The molecule has 0 saturated carbocycles. The Morgan fingerprint density at radius 1 is 1.48 bits per heavy atom. The molecule has 1 fully saturated rings. The number of aliphatic hydroxyl groups excluding tert-OH is 3. The normalized spacial score (nSPS) is 32.1. The van der Waals surface area contributed by atoms with Gasteiger partial charge in [0.15, 0.2) is 18.0 Å². The summed E-state index contributed by atoms with van der Waals surface area (Å²) in [5.41, 5.74) is 5.10. The van der Waals surface area contributed by atoms with Crippen LogP contribution in [0, 0.1) is 0 Å². The third kappa shape index (κ3) is 2.70. The first-order valence-corrected chi connectivity index (χ1v) is 7.05. The molecule has 126 valence electrons. The Bertz CT molecular complexity index is 762. The van der Waals surface area contributed by atoms with Crippen molar-refractivity contribution in [2.75, 3.05) is 12.3 Å². The topological polar surface area (TPSA) is 147 Å². The van der Waals surface area contributed by atoms with Crippen LogP contribution in [0.2, 0.25) is 0 Å². The quantitative estimate of drug-likeness (QED) is 0.458. The second-order valence-corrected chi connectivity index (χ2v) is 5.47. The van der Waals surface area contributed by atoms with Gasteiger partial charge in [0, 0.05) is 12.6 Å². The van der Waals surface area contributed by atoms with Gasteiger partial charge in [0.1, 0.15) is 6.10 Å². The first-order chi connectivity index (χ1) is 10.9. The number of aliphatic hydroxyl groups is 3. The summed E-state index contributed by atoms with van der Waals surface area (Å²) in [6.07, 6.45) is -5.96. The van der Waals surface area contributed by atoms with Gasteiger partial charge in [0.25, 0.3) is 5.56 Å². The lowest BCUT2D eigenvalue weighted by Crippen LogP contribution is -2.34. The van der Waals surface area contributed by atoms with Crippen LogP contribution in [0.25, 0.3) is 11.0 Å². The van der Waals surface area contributed by atoms with Crippen molar-refractivity contribution in [3.63, 3.8) is 0 Å². The number of rotatable bonds is 2. The molecule has 2 aromatic rings. The number of hydrogen-bond donors (Lipinski definition) is 5. The van der Waals surface area contributed by atoms with E-state index in [1.165, 1.54) is 16.8 Å². The van der Waals surface area contributed by atoms with Crippen LogP contribution in [-0.2, 0) is 4.74 Å². The van der Waals surface area contributed by atoms with E-state index in [4.69, 9.17) is 10.5 Å². The molecule has 0 amide bonds. The van der Waals surface area contributed by atoms with Gasteiger partial charge in [-0.15, -0.1) is 0 Å². The van der Waals surface area contributed by atoms with Crippen molar-refractivity contribution in [2.24, 2.45) is 0 Å². The molecular weight excluding hydrogens is 311 g/mol. The molecule has 1 saturated heterocycles. The van der Waals surface area contributed by atoms with Gasteiger partial charge in [0.05, 0.1) is 24.2 Å². The van der Waals surface area contributed by atoms with Crippen molar-refractivity contribution in [1.82, 2.24) is 14.5 Å². The predicted octanol–water partition coefficient (Wildman–Crippen LogP) is -1.35. The van der Waals surface area contributed by atoms with Crippen LogP contribution in [-0.4, -0.2) is 60.9 Å². The number of nitrogens with zero attached hydrogens (tertiary/aromatic N) is 2. The van der Waals surface area contributed by atoms with Crippen molar-refractivity contribution in [2.45, 2.75) is 37.1 Å². The maximum Gasteiger partial charge on any atom is 0.261 e. The van der Waals surface area contributed by atoms with Crippen LogP contribution < -0.4 is 11.3 Å². The largest absolute Gasteiger partial charge is 0.394 e. The molecule has 3 rings (SSSR count). The minimum Gasteiger partial charge on any atom is -0.394 e. The highest BCUT2D eigenvalue weighted by Gasteiger charge is 2.40. The van der Waals surface area contributed by atoms with Gasteiger partial charge in [-0.1, -0.05) is 0 Å². The summed E-state index contributed by atoms with van der Waals surface area (Å²) in [6.45, 7) is -0.549. The summed E-state index contributed by atoms with van der Waals surface area (Å²) >= 11 is 0. The number of aromatic amines is 1. The van der Waals surface area contributed by atoms with Crippen molar-refractivity contribution < 1.29 is 24.4 Å². The third-order valence-electron chi connectivity index (χ3n) is 3.92. The Balaban J connectivity index is 2.10.